The van der Waals surface area contributed by atoms with E-state index in [1.54, 1.807) is 0 Å². The van der Waals surface area contributed by atoms with Crippen molar-refractivity contribution in [1.82, 2.24) is 0 Å². The van der Waals surface area contributed by atoms with Crippen LogP contribution in [0, 0.1) is 6.92 Å². The number of anilines is 1. The molecule has 17 heavy (non-hydrogen) atoms. The van der Waals surface area contributed by atoms with Crippen LogP contribution in [0.25, 0.3) is 0 Å². The molecule has 0 heterocycles. The first-order valence-electron chi connectivity index (χ1n) is 6.06. The minimum absolute atomic E-state index is 0.161. The highest BCUT2D eigenvalue weighted by atomic mass is 16.5. The van der Waals surface area contributed by atoms with Gasteiger partial charge in [-0.3, -0.25) is 0 Å². The van der Waals surface area contributed by atoms with E-state index in [9.17, 15) is 5.11 Å². The van der Waals surface area contributed by atoms with Crippen molar-refractivity contribution in [2.24, 2.45) is 0 Å². The minimum atomic E-state index is -0.456. The van der Waals surface area contributed by atoms with E-state index >= 15 is 0 Å². The lowest BCUT2D eigenvalue weighted by Gasteiger charge is -2.23. The third kappa shape index (κ3) is 5.20. The van der Waals surface area contributed by atoms with Crippen molar-refractivity contribution in [3.05, 3.63) is 29.8 Å². The fourth-order valence-corrected chi connectivity index (χ4v) is 1.64. The van der Waals surface area contributed by atoms with Gasteiger partial charge < -0.3 is 14.7 Å². The third-order valence-electron chi connectivity index (χ3n) is 2.55. The van der Waals surface area contributed by atoms with Crippen LogP contribution in [0.3, 0.4) is 0 Å². The molecule has 0 bridgehead atoms. The van der Waals surface area contributed by atoms with Crippen LogP contribution in [0.1, 0.15) is 19.4 Å². The van der Waals surface area contributed by atoms with Crippen molar-refractivity contribution in [3.8, 4) is 0 Å². The molecule has 1 atom stereocenters. The van der Waals surface area contributed by atoms with Gasteiger partial charge in [-0.25, -0.2) is 0 Å². The number of hydrogen-bond donors (Lipinski definition) is 1. The standard InChI is InChI=1S/C14H23NO2/c1-11(2)17-10-14(16)9-15(4)13-7-5-6-12(3)8-13/h5-8,11,14,16H,9-10H2,1-4H3. The molecule has 0 aliphatic rings. The minimum Gasteiger partial charge on any atom is -0.389 e. The highest BCUT2D eigenvalue weighted by Crippen LogP contribution is 2.14. The van der Waals surface area contributed by atoms with Crippen molar-refractivity contribution in [2.75, 3.05) is 25.1 Å². The second-order valence-electron chi connectivity index (χ2n) is 4.76. The van der Waals surface area contributed by atoms with E-state index in [0.29, 0.717) is 13.2 Å². The van der Waals surface area contributed by atoms with Gasteiger partial charge in [0, 0.05) is 19.3 Å². The Morgan fingerprint density at radius 1 is 1.35 bits per heavy atom. The average molecular weight is 237 g/mol. The van der Waals surface area contributed by atoms with Crippen LogP contribution in [-0.4, -0.2) is 37.5 Å². The van der Waals surface area contributed by atoms with E-state index in [1.807, 2.05) is 37.9 Å². The van der Waals surface area contributed by atoms with Crippen LogP contribution in [0.4, 0.5) is 5.69 Å². The Labute approximate surface area is 104 Å². The van der Waals surface area contributed by atoms with Crippen LogP contribution in [0.2, 0.25) is 0 Å². The maximum Gasteiger partial charge on any atom is 0.0948 e. The number of ether oxygens (including phenoxy) is 1. The van der Waals surface area contributed by atoms with Crippen molar-refractivity contribution >= 4 is 5.69 Å². The van der Waals surface area contributed by atoms with Gasteiger partial charge in [0.05, 0.1) is 18.8 Å². The lowest BCUT2D eigenvalue weighted by molar-refractivity contribution is 0.00927. The molecule has 1 rings (SSSR count). The number of aryl methyl sites for hydroxylation is 1. The molecule has 0 radical (unpaired) electrons. The van der Waals surface area contributed by atoms with Gasteiger partial charge in [0.2, 0.25) is 0 Å². The summed E-state index contributed by atoms with van der Waals surface area (Å²) in [6, 6.07) is 8.24. The predicted molar refractivity (Wildman–Crippen MR) is 71.5 cm³/mol. The van der Waals surface area contributed by atoms with Gasteiger partial charge >= 0.3 is 0 Å². The van der Waals surface area contributed by atoms with Crippen molar-refractivity contribution < 1.29 is 9.84 Å². The Balaban J connectivity index is 2.45. The highest BCUT2D eigenvalue weighted by Gasteiger charge is 2.10. The van der Waals surface area contributed by atoms with Crippen molar-refractivity contribution in [3.63, 3.8) is 0 Å². The zero-order valence-electron chi connectivity index (χ0n) is 11.2. The number of benzene rings is 1. The zero-order valence-corrected chi connectivity index (χ0v) is 11.2. The summed E-state index contributed by atoms with van der Waals surface area (Å²) in [5, 5.41) is 9.83. The number of aliphatic hydroxyl groups excluding tert-OH is 1. The summed E-state index contributed by atoms with van der Waals surface area (Å²) in [4.78, 5) is 2.04. The Bertz CT molecular complexity index is 339. The molecule has 0 aliphatic heterocycles. The first kappa shape index (κ1) is 14.0. The molecular formula is C14H23NO2. The Hall–Kier alpha value is -1.06. The van der Waals surface area contributed by atoms with Crippen LogP contribution in [0.15, 0.2) is 24.3 Å². The molecule has 0 aliphatic carbocycles. The second-order valence-corrected chi connectivity index (χ2v) is 4.76. The Kier molecular flexibility index (Phi) is 5.45. The van der Waals surface area contributed by atoms with Crippen molar-refractivity contribution in [1.29, 1.82) is 0 Å². The zero-order chi connectivity index (χ0) is 12.8. The molecule has 0 saturated carbocycles. The molecule has 0 amide bonds. The monoisotopic (exact) mass is 237 g/mol. The van der Waals surface area contributed by atoms with Gasteiger partial charge in [0.15, 0.2) is 0 Å². The number of hydrogen-bond acceptors (Lipinski definition) is 3. The summed E-state index contributed by atoms with van der Waals surface area (Å²) in [6.45, 7) is 6.97. The second kappa shape index (κ2) is 6.62. The first-order chi connectivity index (χ1) is 7.99. The summed E-state index contributed by atoms with van der Waals surface area (Å²) >= 11 is 0. The van der Waals surface area contributed by atoms with Gasteiger partial charge in [-0.1, -0.05) is 12.1 Å². The number of aliphatic hydroxyl groups is 1. The fraction of sp³-hybridized carbons (Fsp3) is 0.571. The fourth-order valence-electron chi connectivity index (χ4n) is 1.64. The summed E-state index contributed by atoms with van der Waals surface area (Å²) in [6.07, 6.45) is -0.295. The van der Waals surface area contributed by atoms with Crippen LogP contribution >= 0.6 is 0 Å². The molecule has 0 aromatic heterocycles. The predicted octanol–water partition coefficient (Wildman–Crippen LogP) is 2.22. The average Bonchev–Trinajstić information content (AvgIpc) is 2.26. The summed E-state index contributed by atoms with van der Waals surface area (Å²) in [7, 11) is 1.98. The number of likely N-dealkylation sites (N-methyl/N-ethyl adjacent to an activating group) is 1. The van der Waals surface area contributed by atoms with Crippen LogP contribution in [-0.2, 0) is 4.74 Å². The molecule has 0 saturated heterocycles. The lowest BCUT2D eigenvalue weighted by atomic mass is 10.2. The van der Waals surface area contributed by atoms with Gasteiger partial charge in [-0.15, -0.1) is 0 Å². The molecule has 1 unspecified atom stereocenters. The van der Waals surface area contributed by atoms with E-state index in [4.69, 9.17) is 4.74 Å². The van der Waals surface area contributed by atoms with Gasteiger partial charge in [0.25, 0.3) is 0 Å². The molecule has 1 N–H and O–H groups in total. The summed E-state index contributed by atoms with van der Waals surface area (Å²) in [5.74, 6) is 0. The SMILES string of the molecule is Cc1cccc(N(C)CC(O)COC(C)C)c1. The molecule has 1 aromatic carbocycles. The molecular weight excluding hydrogens is 214 g/mol. The lowest BCUT2D eigenvalue weighted by Crippen LogP contribution is -2.32. The van der Waals surface area contributed by atoms with E-state index in [0.717, 1.165) is 5.69 Å². The van der Waals surface area contributed by atoms with E-state index in [1.165, 1.54) is 5.56 Å². The largest absolute Gasteiger partial charge is 0.389 e. The molecule has 3 nitrogen and oxygen atoms in total. The summed E-state index contributed by atoms with van der Waals surface area (Å²) in [5.41, 5.74) is 2.34. The smallest absolute Gasteiger partial charge is 0.0948 e. The van der Waals surface area contributed by atoms with E-state index < -0.39 is 6.10 Å². The first-order valence-corrected chi connectivity index (χ1v) is 6.06. The number of nitrogens with zero attached hydrogens (tertiary/aromatic N) is 1. The van der Waals surface area contributed by atoms with E-state index in [2.05, 4.69) is 19.1 Å². The van der Waals surface area contributed by atoms with Crippen molar-refractivity contribution in [2.45, 2.75) is 33.0 Å². The van der Waals surface area contributed by atoms with E-state index in [-0.39, 0.29) is 6.10 Å². The Morgan fingerprint density at radius 3 is 2.65 bits per heavy atom. The topological polar surface area (TPSA) is 32.7 Å². The number of rotatable bonds is 6. The summed E-state index contributed by atoms with van der Waals surface area (Å²) < 4.78 is 5.39. The highest BCUT2D eigenvalue weighted by molar-refractivity contribution is 5.47. The maximum absolute atomic E-state index is 9.83. The normalized spacial score (nSPS) is 12.8. The van der Waals surface area contributed by atoms with Gasteiger partial charge in [0.1, 0.15) is 0 Å². The quantitative estimate of drug-likeness (QED) is 0.823. The van der Waals surface area contributed by atoms with Crippen LogP contribution < -0.4 is 4.90 Å². The van der Waals surface area contributed by atoms with Gasteiger partial charge in [-0.2, -0.15) is 0 Å². The van der Waals surface area contributed by atoms with Crippen LogP contribution in [0.5, 0.6) is 0 Å². The molecule has 1 aromatic rings. The third-order valence-corrected chi connectivity index (χ3v) is 2.55. The maximum atomic E-state index is 9.83. The molecule has 0 spiro atoms. The molecule has 96 valence electrons. The van der Waals surface area contributed by atoms with Gasteiger partial charge in [-0.05, 0) is 38.5 Å². The Morgan fingerprint density at radius 2 is 2.06 bits per heavy atom. The molecule has 0 fully saturated rings. The molecule has 3 heteroatoms.